The molecule has 18 heavy (non-hydrogen) atoms. The predicted octanol–water partition coefficient (Wildman–Crippen LogP) is 2.32. The topological polar surface area (TPSA) is 49.5 Å². The van der Waals surface area contributed by atoms with Crippen molar-refractivity contribution in [2.45, 2.75) is 31.8 Å². The molecule has 4 heteroatoms. The van der Waals surface area contributed by atoms with E-state index in [1.807, 2.05) is 0 Å². The van der Waals surface area contributed by atoms with Gasteiger partial charge in [-0.3, -0.25) is 0 Å². The maximum absolute atomic E-state index is 13.0. The Hall–Kier alpha value is -1.13. The van der Waals surface area contributed by atoms with Crippen molar-refractivity contribution in [3.63, 3.8) is 0 Å². The van der Waals surface area contributed by atoms with Gasteiger partial charge in [-0.1, -0.05) is 12.5 Å². The van der Waals surface area contributed by atoms with Crippen LogP contribution in [0.15, 0.2) is 18.2 Å². The van der Waals surface area contributed by atoms with Crippen molar-refractivity contribution in [2.24, 2.45) is 0 Å². The molecule has 1 aromatic rings. The van der Waals surface area contributed by atoms with Crippen LogP contribution in [0.1, 0.15) is 37.4 Å². The first kappa shape index (κ1) is 13.3. The van der Waals surface area contributed by atoms with Crippen LogP contribution in [-0.2, 0) is 0 Å². The lowest BCUT2D eigenvalue weighted by atomic mass is 10.0. The second-order valence-electron chi connectivity index (χ2n) is 4.99. The quantitative estimate of drug-likeness (QED) is 0.808. The Morgan fingerprint density at radius 2 is 2.00 bits per heavy atom. The third kappa shape index (κ3) is 3.43. The van der Waals surface area contributed by atoms with E-state index in [1.165, 1.54) is 31.4 Å². The fourth-order valence-corrected chi connectivity index (χ4v) is 2.42. The largest absolute Gasteiger partial charge is 0.396 e. The molecule has 1 atom stereocenters. The smallest absolute Gasteiger partial charge is 0.146 e. The minimum atomic E-state index is -0.560. The summed E-state index contributed by atoms with van der Waals surface area (Å²) in [6.07, 6.45) is 3.92. The van der Waals surface area contributed by atoms with Gasteiger partial charge >= 0.3 is 0 Å². The fourth-order valence-electron chi connectivity index (χ4n) is 2.42. The minimum Gasteiger partial charge on any atom is -0.396 e. The van der Waals surface area contributed by atoms with Gasteiger partial charge in [-0.25, -0.2) is 4.39 Å². The number of anilines is 1. The first-order chi connectivity index (χ1) is 8.66. The maximum Gasteiger partial charge on any atom is 0.146 e. The van der Waals surface area contributed by atoms with E-state index < -0.39 is 11.9 Å². The average Bonchev–Trinajstić information content (AvgIpc) is 2.40. The van der Waals surface area contributed by atoms with E-state index in [-0.39, 0.29) is 5.69 Å². The Balaban J connectivity index is 1.86. The molecule has 3 nitrogen and oxygen atoms in total. The van der Waals surface area contributed by atoms with Crippen LogP contribution in [0.2, 0.25) is 0 Å². The predicted molar refractivity (Wildman–Crippen MR) is 70.7 cm³/mol. The van der Waals surface area contributed by atoms with Crippen molar-refractivity contribution in [2.75, 3.05) is 25.4 Å². The molecule has 100 valence electrons. The number of rotatable bonds is 4. The van der Waals surface area contributed by atoms with Gasteiger partial charge < -0.3 is 15.7 Å². The van der Waals surface area contributed by atoms with Crippen molar-refractivity contribution in [1.29, 1.82) is 0 Å². The number of benzene rings is 1. The van der Waals surface area contributed by atoms with E-state index in [2.05, 4.69) is 4.90 Å². The summed E-state index contributed by atoms with van der Waals surface area (Å²) in [5, 5.41) is 10.1. The highest BCUT2D eigenvalue weighted by atomic mass is 19.1. The Bertz CT molecular complexity index is 391. The Morgan fingerprint density at radius 1 is 1.28 bits per heavy atom. The molecule has 0 spiro atoms. The van der Waals surface area contributed by atoms with E-state index in [0.717, 1.165) is 19.6 Å². The van der Waals surface area contributed by atoms with Gasteiger partial charge in [0.2, 0.25) is 0 Å². The highest BCUT2D eigenvalue weighted by Gasteiger charge is 2.14. The molecule has 2 rings (SSSR count). The number of piperidine rings is 1. The number of hydrogen-bond donors (Lipinski definition) is 2. The molecule has 1 aromatic carbocycles. The SMILES string of the molecule is Nc1cc(C(O)CCN2CCCCC2)ccc1F. The molecule has 3 N–H and O–H groups in total. The van der Waals surface area contributed by atoms with Crippen LogP contribution in [0.25, 0.3) is 0 Å². The average molecular weight is 252 g/mol. The third-order valence-electron chi connectivity index (χ3n) is 3.57. The number of nitrogen functional groups attached to an aromatic ring is 1. The highest BCUT2D eigenvalue weighted by molar-refractivity contribution is 5.43. The summed E-state index contributed by atoms with van der Waals surface area (Å²) in [5.74, 6) is -0.429. The monoisotopic (exact) mass is 252 g/mol. The molecule has 0 aromatic heterocycles. The lowest BCUT2D eigenvalue weighted by Crippen LogP contribution is -2.31. The summed E-state index contributed by atoms with van der Waals surface area (Å²) >= 11 is 0. The second-order valence-corrected chi connectivity index (χ2v) is 4.99. The zero-order valence-electron chi connectivity index (χ0n) is 10.6. The summed E-state index contributed by atoms with van der Waals surface area (Å²) in [4.78, 5) is 2.37. The number of aliphatic hydroxyl groups excluding tert-OH is 1. The molecule has 1 aliphatic rings. The van der Waals surface area contributed by atoms with Crippen molar-refractivity contribution in [1.82, 2.24) is 4.90 Å². The summed E-state index contributed by atoms with van der Waals surface area (Å²) in [7, 11) is 0. The standard InChI is InChI=1S/C14H21FN2O/c15-12-5-4-11(10-13(12)16)14(18)6-9-17-7-2-1-3-8-17/h4-5,10,14,18H,1-3,6-9,16H2. The number of halogens is 1. The van der Waals surface area contributed by atoms with Gasteiger partial charge in [-0.05, 0) is 50.0 Å². The summed E-state index contributed by atoms with van der Waals surface area (Å²) in [6.45, 7) is 3.13. The second kappa shape index (κ2) is 6.16. The number of likely N-dealkylation sites (tertiary alicyclic amines) is 1. The molecule has 1 aliphatic heterocycles. The molecule has 0 amide bonds. The van der Waals surface area contributed by atoms with Gasteiger partial charge in [0.1, 0.15) is 5.82 Å². The molecule has 0 bridgehead atoms. The van der Waals surface area contributed by atoms with E-state index in [1.54, 1.807) is 6.07 Å². The highest BCUT2D eigenvalue weighted by Crippen LogP contribution is 2.22. The van der Waals surface area contributed by atoms with Crippen LogP contribution in [0.4, 0.5) is 10.1 Å². The molecule has 0 saturated carbocycles. The number of nitrogens with two attached hydrogens (primary N) is 1. The van der Waals surface area contributed by atoms with Crippen LogP contribution in [0.5, 0.6) is 0 Å². The summed E-state index contributed by atoms with van der Waals surface area (Å²) in [6, 6.07) is 4.44. The molecule has 1 heterocycles. The van der Waals surface area contributed by atoms with Gasteiger partial charge in [-0.2, -0.15) is 0 Å². The molecule has 1 fully saturated rings. The van der Waals surface area contributed by atoms with E-state index in [4.69, 9.17) is 5.73 Å². The van der Waals surface area contributed by atoms with Crippen molar-refractivity contribution < 1.29 is 9.50 Å². The minimum absolute atomic E-state index is 0.101. The van der Waals surface area contributed by atoms with Gasteiger partial charge in [0, 0.05) is 6.54 Å². The van der Waals surface area contributed by atoms with E-state index in [0.29, 0.717) is 12.0 Å². The molecule has 0 radical (unpaired) electrons. The molecule has 1 saturated heterocycles. The molecule has 1 unspecified atom stereocenters. The number of nitrogens with zero attached hydrogens (tertiary/aromatic N) is 1. The van der Waals surface area contributed by atoms with Crippen LogP contribution in [0, 0.1) is 5.82 Å². The van der Waals surface area contributed by atoms with Crippen molar-refractivity contribution in [3.05, 3.63) is 29.6 Å². The van der Waals surface area contributed by atoms with Crippen molar-refractivity contribution >= 4 is 5.69 Å². The van der Waals surface area contributed by atoms with Gasteiger partial charge in [0.15, 0.2) is 0 Å². The number of hydrogen-bond acceptors (Lipinski definition) is 3. The first-order valence-electron chi connectivity index (χ1n) is 6.62. The third-order valence-corrected chi connectivity index (χ3v) is 3.57. The maximum atomic E-state index is 13.0. The van der Waals surface area contributed by atoms with Gasteiger partial charge in [0.25, 0.3) is 0 Å². The van der Waals surface area contributed by atoms with E-state index >= 15 is 0 Å². The molecular weight excluding hydrogens is 231 g/mol. The lowest BCUT2D eigenvalue weighted by molar-refractivity contribution is 0.134. The zero-order chi connectivity index (χ0) is 13.0. The van der Waals surface area contributed by atoms with Crippen LogP contribution >= 0.6 is 0 Å². The Morgan fingerprint density at radius 3 is 2.67 bits per heavy atom. The van der Waals surface area contributed by atoms with Gasteiger partial charge in [-0.15, -0.1) is 0 Å². The normalized spacial score (nSPS) is 18.8. The molecular formula is C14H21FN2O. The van der Waals surface area contributed by atoms with Gasteiger partial charge in [0.05, 0.1) is 11.8 Å². The number of aliphatic hydroxyl groups is 1. The summed E-state index contributed by atoms with van der Waals surface area (Å²) in [5.41, 5.74) is 6.30. The van der Waals surface area contributed by atoms with Crippen LogP contribution in [-0.4, -0.2) is 29.6 Å². The molecule has 0 aliphatic carbocycles. The van der Waals surface area contributed by atoms with E-state index in [9.17, 15) is 9.50 Å². The Labute approximate surface area is 107 Å². The van der Waals surface area contributed by atoms with Crippen LogP contribution < -0.4 is 5.73 Å². The zero-order valence-corrected chi connectivity index (χ0v) is 10.6. The fraction of sp³-hybridized carbons (Fsp3) is 0.571. The summed E-state index contributed by atoms with van der Waals surface area (Å²) < 4.78 is 13.0. The lowest BCUT2D eigenvalue weighted by Gasteiger charge is -2.27. The van der Waals surface area contributed by atoms with Crippen molar-refractivity contribution in [3.8, 4) is 0 Å². The Kier molecular flexibility index (Phi) is 4.55. The first-order valence-corrected chi connectivity index (χ1v) is 6.62. The van der Waals surface area contributed by atoms with Crippen LogP contribution in [0.3, 0.4) is 0 Å².